The van der Waals surface area contributed by atoms with Crippen LogP contribution in [-0.2, 0) is 21.2 Å². The number of halogens is 2. The fourth-order valence-corrected chi connectivity index (χ4v) is 7.60. The van der Waals surface area contributed by atoms with Gasteiger partial charge < -0.3 is 10.2 Å². The Morgan fingerprint density at radius 1 is 1.10 bits per heavy atom. The summed E-state index contributed by atoms with van der Waals surface area (Å²) in [7, 11) is -3.77. The van der Waals surface area contributed by atoms with Crippen molar-refractivity contribution in [1.29, 1.82) is 0 Å². The third kappa shape index (κ3) is 7.83. The van der Waals surface area contributed by atoms with E-state index < -0.39 is 16.1 Å². The molecule has 8 nitrogen and oxygen atoms in total. The number of benzene rings is 1. The van der Waals surface area contributed by atoms with Crippen molar-refractivity contribution in [2.45, 2.75) is 44.0 Å². The standard InChI is InChI=1S/C27H34Cl2N4O4S2/c1-18(2)15-22(31-26(34)24-16-19-5-3-4-6-23(19)38-24)27(35)33-13-11-32(12-14-33)10-9-30-39(36,37)25-8-7-20(28)17-21(25)29/h4,6-8,16-18,22,30H,3,5,9-15H2,1-2H3,(H,31,34)/t22-/m0/s1. The van der Waals surface area contributed by atoms with Gasteiger partial charge in [0.1, 0.15) is 10.9 Å². The molecule has 12 heteroatoms. The highest BCUT2D eigenvalue weighted by Crippen LogP contribution is 2.29. The third-order valence-corrected chi connectivity index (χ3v) is 10.1. The maximum atomic E-state index is 13.4. The van der Waals surface area contributed by atoms with Crippen LogP contribution in [0.2, 0.25) is 10.0 Å². The van der Waals surface area contributed by atoms with Crippen LogP contribution in [0.4, 0.5) is 0 Å². The van der Waals surface area contributed by atoms with Crippen LogP contribution in [0, 0.1) is 5.92 Å². The Balaban J connectivity index is 1.28. The molecule has 0 bridgehead atoms. The molecule has 0 saturated carbocycles. The molecule has 2 amide bonds. The number of carbonyl (C=O) groups is 2. The van der Waals surface area contributed by atoms with Crippen LogP contribution in [0.15, 0.2) is 35.2 Å². The predicted octanol–water partition coefficient (Wildman–Crippen LogP) is 4.28. The van der Waals surface area contributed by atoms with Gasteiger partial charge in [0.05, 0.1) is 9.90 Å². The van der Waals surface area contributed by atoms with Crippen LogP contribution in [0.1, 0.15) is 46.8 Å². The molecule has 2 heterocycles. The molecule has 1 saturated heterocycles. The Bertz CT molecular complexity index is 1340. The van der Waals surface area contributed by atoms with Crippen LogP contribution in [-0.4, -0.2) is 75.3 Å². The minimum atomic E-state index is -3.77. The molecule has 1 aromatic heterocycles. The van der Waals surface area contributed by atoms with E-state index in [4.69, 9.17) is 23.2 Å². The van der Waals surface area contributed by atoms with Gasteiger partial charge in [-0.2, -0.15) is 0 Å². The lowest BCUT2D eigenvalue weighted by molar-refractivity contribution is -0.135. The topological polar surface area (TPSA) is 98.8 Å². The second kappa shape index (κ2) is 13.1. The van der Waals surface area contributed by atoms with Gasteiger partial charge in [-0.3, -0.25) is 14.5 Å². The van der Waals surface area contributed by atoms with E-state index in [0.29, 0.717) is 49.0 Å². The van der Waals surface area contributed by atoms with Gasteiger partial charge >= 0.3 is 0 Å². The number of carbonyl (C=O) groups excluding carboxylic acids is 2. The summed E-state index contributed by atoms with van der Waals surface area (Å²) >= 11 is 13.4. The zero-order chi connectivity index (χ0) is 28.2. The van der Waals surface area contributed by atoms with Crippen molar-refractivity contribution in [1.82, 2.24) is 19.8 Å². The normalized spacial score (nSPS) is 16.8. The van der Waals surface area contributed by atoms with Crippen molar-refractivity contribution in [2.24, 2.45) is 5.92 Å². The molecule has 1 aliphatic carbocycles. The number of aryl methyl sites for hydroxylation is 1. The van der Waals surface area contributed by atoms with E-state index >= 15 is 0 Å². The summed E-state index contributed by atoms with van der Waals surface area (Å²) in [5.74, 6) is -0.0355. The number of rotatable bonds is 10. The van der Waals surface area contributed by atoms with Gasteiger partial charge in [-0.15, -0.1) is 11.3 Å². The van der Waals surface area contributed by atoms with Crippen molar-refractivity contribution in [2.75, 3.05) is 39.3 Å². The highest BCUT2D eigenvalue weighted by Gasteiger charge is 2.30. The number of fused-ring (bicyclic) bond motifs is 1. The minimum Gasteiger partial charge on any atom is -0.340 e. The van der Waals surface area contributed by atoms with Crippen molar-refractivity contribution in [3.8, 4) is 0 Å². The van der Waals surface area contributed by atoms with E-state index in [1.165, 1.54) is 35.1 Å². The zero-order valence-corrected chi connectivity index (χ0v) is 25.2. The Labute approximate surface area is 244 Å². The summed E-state index contributed by atoms with van der Waals surface area (Å²) in [5, 5.41) is 3.44. The van der Waals surface area contributed by atoms with Crippen LogP contribution in [0.5, 0.6) is 0 Å². The molecule has 2 aliphatic rings. The van der Waals surface area contributed by atoms with E-state index in [-0.39, 0.29) is 34.2 Å². The fraction of sp³-hybridized carbons (Fsp3) is 0.481. The van der Waals surface area contributed by atoms with Crippen LogP contribution in [0.25, 0.3) is 6.08 Å². The molecule has 1 aromatic carbocycles. The first-order valence-electron chi connectivity index (χ1n) is 13.1. The molecule has 0 unspecified atom stereocenters. The van der Waals surface area contributed by atoms with E-state index in [1.807, 2.05) is 19.9 Å². The average molecular weight is 614 g/mol. The lowest BCUT2D eigenvalue weighted by Gasteiger charge is -2.36. The maximum Gasteiger partial charge on any atom is 0.262 e. The highest BCUT2D eigenvalue weighted by atomic mass is 35.5. The van der Waals surface area contributed by atoms with E-state index in [2.05, 4.69) is 27.1 Å². The largest absolute Gasteiger partial charge is 0.340 e. The maximum absolute atomic E-state index is 13.4. The number of sulfonamides is 1. The molecule has 4 rings (SSSR count). The Hall–Kier alpha value is -1.95. The molecule has 2 aromatic rings. The van der Waals surface area contributed by atoms with Gasteiger partial charge in [-0.25, -0.2) is 13.1 Å². The summed E-state index contributed by atoms with van der Waals surface area (Å²) in [4.78, 5) is 32.1. The quantitative estimate of drug-likeness (QED) is 0.417. The van der Waals surface area contributed by atoms with Crippen LogP contribution < -0.4 is 10.0 Å². The molecule has 0 spiro atoms. The van der Waals surface area contributed by atoms with E-state index in [0.717, 1.165) is 17.7 Å². The molecule has 1 fully saturated rings. The first-order chi connectivity index (χ1) is 18.5. The average Bonchev–Trinajstić information content (AvgIpc) is 3.32. The number of amides is 2. The van der Waals surface area contributed by atoms with Gasteiger partial charge in [0.25, 0.3) is 5.91 Å². The number of thiophene rings is 1. The molecule has 2 N–H and O–H groups in total. The molecule has 212 valence electrons. The van der Waals surface area contributed by atoms with Gasteiger partial charge in [-0.05, 0) is 61.1 Å². The minimum absolute atomic E-state index is 0.0126. The lowest BCUT2D eigenvalue weighted by atomic mass is 10.0. The fourth-order valence-electron chi connectivity index (χ4n) is 4.76. The highest BCUT2D eigenvalue weighted by molar-refractivity contribution is 7.89. The van der Waals surface area contributed by atoms with Crippen molar-refractivity contribution in [3.05, 3.63) is 55.7 Å². The number of hydrogen-bond acceptors (Lipinski definition) is 6. The second-order valence-corrected chi connectivity index (χ2v) is 13.9. The molecule has 0 radical (unpaired) electrons. The van der Waals surface area contributed by atoms with Gasteiger partial charge in [0.15, 0.2) is 0 Å². The Kier molecular flexibility index (Phi) is 10.1. The Morgan fingerprint density at radius 3 is 2.51 bits per heavy atom. The third-order valence-electron chi connectivity index (χ3n) is 6.81. The molecular formula is C27H34Cl2N4O4S2. The van der Waals surface area contributed by atoms with Crippen LogP contribution >= 0.6 is 34.5 Å². The summed E-state index contributed by atoms with van der Waals surface area (Å²) in [6, 6.07) is 5.62. The van der Waals surface area contributed by atoms with Gasteiger partial charge in [0.2, 0.25) is 15.9 Å². The van der Waals surface area contributed by atoms with E-state index in [9.17, 15) is 18.0 Å². The van der Waals surface area contributed by atoms with Crippen molar-refractivity contribution in [3.63, 3.8) is 0 Å². The summed E-state index contributed by atoms with van der Waals surface area (Å²) in [6.07, 6.45) is 6.66. The van der Waals surface area contributed by atoms with Crippen molar-refractivity contribution < 1.29 is 18.0 Å². The number of nitrogens with one attached hydrogen (secondary N) is 2. The Morgan fingerprint density at radius 2 is 1.85 bits per heavy atom. The number of nitrogens with zero attached hydrogens (tertiary/aromatic N) is 2. The SMILES string of the molecule is CC(C)C[C@H](NC(=O)c1cc2c(s1)C=CCC2)C(=O)N1CCN(CCNS(=O)(=O)c2ccc(Cl)cc2Cl)CC1. The second-order valence-electron chi connectivity index (χ2n) is 10.2. The summed E-state index contributed by atoms with van der Waals surface area (Å²) in [5.41, 5.74) is 1.19. The smallest absolute Gasteiger partial charge is 0.262 e. The zero-order valence-electron chi connectivity index (χ0n) is 22.1. The van der Waals surface area contributed by atoms with Crippen molar-refractivity contribution >= 4 is 62.5 Å². The van der Waals surface area contributed by atoms with Gasteiger partial charge in [0, 0.05) is 49.2 Å². The summed E-state index contributed by atoms with van der Waals surface area (Å²) in [6.45, 7) is 7.03. The lowest BCUT2D eigenvalue weighted by Crippen LogP contribution is -2.55. The molecule has 39 heavy (non-hydrogen) atoms. The number of hydrogen-bond donors (Lipinski definition) is 2. The van der Waals surface area contributed by atoms with E-state index in [1.54, 1.807) is 4.90 Å². The molecule has 1 atom stereocenters. The monoisotopic (exact) mass is 612 g/mol. The van der Waals surface area contributed by atoms with Gasteiger partial charge in [-0.1, -0.05) is 43.1 Å². The number of piperazine rings is 1. The first-order valence-corrected chi connectivity index (χ1v) is 16.1. The molecule has 1 aliphatic heterocycles. The summed E-state index contributed by atoms with van der Waals surface area (Å²) < 4.78 is 27.8. The first kappa shape index (κ1) is 30.0. The predicted molar refractivity (Wildman–Crippen MR) is 157 cm³/mol. The number of allylic oxidation sites excluding steroid dienone is 1. The van der Waals surface area contributed by atoms with Crippen LogP contribution in [0.3, 0.4) is 0 Å². The molecular weight excluding hydrogens is 579 g/mol.